The normalized spacial score (nSPS) is 11.4. The van der Waals surface area contributed by atoms with E-state index in [-0.39, 0.29) is 23.8 Å². The highest BCUT2D eigenvalue weighted by atomic mass is 35.5. The maximum Gasteiger partial charge on any atom is 0.387 e. The van der Waals surface area contributed by atoms with Crippen LogP contribution in [0.2, 0.25) is 5.02 Å². The van der Waals surface area contributed by atoms with E-state index in [2.05, 4.69) is 14.7 Å². The molecule has 162 valence electrons. The van der Waals surface area contributed by atoms with Crippen LogP contribution < -0.4 is 10.3 Å². The summed E-state index contributed by atoms with van der Waals surface area (Å²) in [5.41, 5.74) is 0.803. The Morgan fingerprint density at radius 1 is 1.26 bits per heavy atom. The van der Waals surface area contributed by atoms with Gasteiger partial charge in [-0.15, -0.1) is 0 Å². The predicted octanol–water partition coefficient (Wildman–Crippen LogP) is 4.63. The molecule has 9 heteroatoms. The number of H-pyrrole nitrogens is 1. The standard InChI is InChI=1S/C22H20ClF2N3O3/c1-2-11-28(13-19-26-18-12-15(23)6-9-17(18)21(30)27-19)20(29)10-5-14-3-7-16(8-4-14)31-22(24)25/h3-10,12,22H,2,11,13H2,1H3,(H,26,27,30)/b10-5+. The van der Waals surface area contributed by atoms with Gasteiger partial charge in [0.1, 0.15) is 11.6 Å². The van der Waals surface area contributed by atoms with Crippen molar-refractivity contribution in [3.05, 3.63) is 75.3 Å². The number of benzene rings is 2. The summed E-state index contributed by atoms with van der Waals surface area (Å²) >= 11 is 5.99. The number of carbonyl (C=O) groups excluding carboxylic acids is 1. The number of hydrogen-bond acceptors (Lipinski definition) is 4. The largest absolute Gasteiger partial charge is 0.435 e. The number of amides is 1. The first-order valence-corrected chi connectivity index (χ1v) is 9.94. The summed E-state index contributed by atoms with van der Waals surface area (Å²) in [6.45, 7) is -0.378. The van der Waals surface area contributed by atoms with Crippen LogP contribution in [0.15, 0.2) is 53.3 Å². The molecular weight excluding hydrogens is 428 g/mol. The molecule has 0 aliphatic heterocycles. The van der Waals surface area contributed by atoms with Gasteiger partial charge in [-0.3, -0.25) is 9.59 Å². The van der Waals surface area contributed by atoms with E-state index >= 15 is 0 Å². The lowest BCUT2D eigenvalue weighted by atomic mass is 10.2. The second-order valence-electron chi connectivity index (χ2n) is 6.71. The van der Waals surface area contributed by atoms with Crippen LogP contribution in [0.4, 0.5) is 8.78 Å². The molecule has 1 heterocycles. The van der Waals surface area contributed by atoms with Crippen molar-refractivity contribution in [3.63, 3.8) is 0 Å². The Morgan fingerprint density at radius 3 is 2.68 bits per heavy atom. The maximum absolute atomic E-state index is 12.7. The SMILES string of the molecule is CCCN(Cc1nc2cc(Cl)ccc2c(=O)[nH]1)C(=O)/C=C/c1ccc(OC(F)F)cc1. The summed E-state index contributed by atoms with van der Waals surface area (Å²) in [6, 6.07) is 10.7. The average Bonchev–Trinajstić information content (AvgIpc) is 2.72. The van der Waals surface area contributed by atoms with Crippen molar-refractivity contribution in [1.82, 2.24) is 14.9 Å². The molecule has 1 aromatic heterocycles. The van der Waals surface area contributed by atoms with Crippen LogP contribution in [0.25, 0.3) is 17.0 Å². The second kappa shape index (κ2) is 10.2. The molecule has 1 amide bonds. The zero-order chi connectivity index (χ0) is 22.4. The summed E-state index contributed by atoms with van der Waals surface area (Å²) in [4.78, 5) is 33.7. The molecule has 2 aromatic carbocycles. The highest BCUT2D eigenvalue weighted by molar-refractivity contribution is 6.31. The highest BCUT2D eigenvalue weighted by Crippen LogP contribution is 2.17. The number of aromatic amines is 1. The van der Waals surface area contributed by atoms with Crippen LogP contribution in [0.1, 0.15) is 24.7 Å². The Labute approximate surface area is 182 Å². The molecule has 3 rings (SSSR count). The third kappa shape index (κ3) is 6.11. The molecule has 0 saturated carbocycles. The summed E-state index contributed by atoms with van der Waals surface area (Å²) < 4.78 is 28.8. The molecule has 0 bridgehead atoms. The van der Waals surface area contributed by atoms with Crippen LogP contribution >= 0.6 is 11.6 Å². The first-order chi connectivity index (χ1) is 14.9. The molecule has 3 aromatic rings. The predicted molar refractivity (Wildman–Crippen MR) is 115 cm³/mol. The number of alkyl halides is 2. The zero-order valence-corrected chi connectivity index (χ0v) is 17.4. The number of carbonyl (C=O) groups is 1. The lowest BCUT2D eigenvalue weighted by Gasteiger charge is -2.20. The van der Waals surface area contributed by atoms with E-state index in [0.29, 0.717) is 40.3 Å². The van der Waals surface area contributed by atoms with E-state index < -0.39 is 6.61 Å². The molecule has 0 aliphatic rings. The maximum atomic E-state index is 12.7. The van der Waals surface area contributed by atoms with E-state index in [9.17, 15) is 18.4 Å². The van der Waals surface area contributed by atoms with Gasteiger partial charge < -0.3 is 14.6 Å². The van der Waals surface area contributed by atoms with E-state index in [1.807, 2.05) is 6.92 Å². The summed E-state index contributed by atoms with van der Waals surface area (Å²) in [5, 5.41) is 0.881. The number of rotatable bonds is 8. The number of aromatic nitrogens is 2. The van der Waals surface area contributed by atoms with Crippen LogP contribution in [-0.2, 0) is 11.3 Å². The molecule has 0 spiro atoms. The van der Waals surface area contributed by atoms with E-state index in [4.69, 9.17) is 11.6 Å². The van der Waals surface area contributed by atoms with Gasteiger partial charge in [-0.2, -0.15) is 8.78 Å². The Kier molecular flexibility index (Phi) is 7.36. The van der Waals surface area contributed by atoms with E-state index in [1.54, 1.807) is 41.3 Å². The van der Waals surface area contributed by atoms with E-state index in [0.717, 1.165) is 0 Å². The molecular formula is C22H20ClF2N3O3. The van der Waals surface area contributed by atoms with Crippen molar-refractivity contribution in [1.29, 1.82) is 0 Å². The van der Waals surface area contributed by atoms with Gasteiger partial charge in [-0.05, 0) is 48.4 Å². The van der Waals surface area contributed by atoms with Gasteiger partial charge in [0.15, 0.2) is 0 Å². The van der Waals surface area contributed by atoms with Gasteiger partial charge >= 0.3 is 6.61 Å². The minimum atomic E-state index is -2.89. The molecule has 31 heavy (non-hydrogen) atoms. The fourth-order valence-electron chi connectivity index (χ4n) is 2.99. The third-order valence-corrected chi connectivity index (χ3v) is 4.62. The minimum absolute atomic E-state index is 0.0394. The number of ether oxygens (including phenoxy) is 1. The lowest BCUT2D eigenvalue weighted by Crippen LogP contribution is -2.31. The monoisotopic (exact) mass is 447 g/mol. The zero-order valence-electron chi connectivity index (χ0n) is 16.6. The molecule has 6 nitrogen and oxygen atoms in total. The topological polar surface area (TPSA) is 75.3 Å². The van der Waals surface area contributed by atoms with Crippen molar-refractivity contribution in [2.24, 2.45) is 0 Å². The molecule has 0 fully saturated rings. The number of nitrogens with one attached hydrogen (secondary N) is 1. The Morgan fingerprint density at radius 2 is 2.00 bits per heavy atom. The van der Waals surface area contributed by atoms with Crippen molar-refractivity contribution in [2.45, 2.75) is 26.5 Å². The number of nitrogens with zero attached hydrogens (tertiary/aromatic N) is 2. The van der Waals surface area contributed by atoms with Crippen LogP contribution in [-0.4, -0.2) is 33.9 Å². The molecule has 0 aliphatic carbocycles. The number of hydrogen-bond donors (Lipinski definition) is 1. The third-order valence-electron chi connectivity index (χ3n) is 4.39. The summed E-state index contributed by atoms with van der Waals surface area (Å²) in [7, 11) is 0. The first kappa shape index (κ1) is 22.4. The van der Waals surface area contributed by atoms with Gasteiger partial charge in [-0.25, -0.2) is 4.98 Å². The van der Waals surface area contributed by atoms with E-state index in [1.165, 1.54) is 18.2 Å². The van der Waals surface area contributed by atoms with Gasteiger partial charge in [0.05, 0.1) is 17.4 Å². The van der Waals surface area contributed by atoms with Crippen LogP contribution in [0.3, 0.4) is 0 Å². The smallest absolute Gasteiger partial charge is 0.387 e. The van der Waals surface area contributed by atoms with Crippen molar-refractivity contribution in [3.8, 4) is 5.75 Å². The van der Waals surface area contributed by atoms with Crippen LogP contribution in [0.5, 0.6) is 5.75 Å². The van der Waals surface area contributed by atoms with Gasteiger partial charge in [0.25, 0.3) is 5.56 Å². The highest BCUT2D eigenvalue weighted by Gasteiger charge is 2.13. The van der Waals surface area contributed by atoms with Crippen LogP contribution in [0, 0.1) is 0 Å². The Balaban J connectivity index is 1.75. The number of halogens is 3. The molecule has 0 saturated heterocycles. The lowest BCUT2D eigenvalue weighted by molar-refractivity contribution is -0.126. The molecule has 1 N–H and O–H groups in total. The molecule has 0 atom stereocenters. The summed E-state index contributed by atoms with van der Waals surface area (Å²) in [5.74, 6) is 0.115. The average molecular weight is 448 g/mol. The van der Waals surface area contributed by atoms with Crippen molar-refractivity contribution < 1.29 is 18.3 Å². The number of fused-ring (bicyclic) bond motifs is 1. The van der Waals surface area contributed by atoms with Gasteiger partial charge in [0.2, 0.25) is 5.91 Å². The first-order valence-electron chi connectivity index (χ1n) is 9.56. The fraction of sp³-hybridized carbons (Fsp3) is 0.227. The Hall–Kier alpha value is -3.26. The Bertz CT molecular complexity index is 1150. The minimum Gasteiger partial charge on any atom is -0.435 e. The van der Waals surface area contributed by atoms with Crippen molar-refractivity contribution >= 4 is 34.5 Å². The summed E-state index contributed by atoms with van der Waals surface area (Å²) in [6.07, 6.45) is 3.67. The van der Waals surface area contributed by atoms with Gasteiger partial charge in [-0.1, -0.05) is 30.7 Å². The quantitative estimate of drug-likeness (QED) is 0.511. The van der Waals surface area contributed by atoms with Gasteiger partial charge in [0, 0.05) is 17.6 Å². The molecule has 0 unspecified atom stereocenters. The fourth-order valence-corrected chi connectivity index (χ4v) is 3.15. The second-order valence-corrected chi connectivity index (χ2v) is 7.15. The molecule has 0 radical (unpaired) electrons. The van der Waals surface area contributed by atoms with Crippen molar-refractivity contribution in [2.75, 3.05) is 6.54 Å².